The number of halogens is 2. The molecule has 1 aliphatic rings. The van der Waals surface area contributed by atoms with E-state index in [4.69, 9.17) is 21.8 Å². The fourth-order valence-corrected chi connectivity index (χ4v) is 4.21. The van der Waals surface area contributed by atoms with Gasteiger partial charge in [0.25, 0.3) is 5.91 Å². The zero-order valence-corrected chi connectivity index (χ0v) is 16.9. The van der Waals surface area contributed by atoms with Crippen LogP contribution in [0.4, 0.5) is 4.39 Å². The summed E-state index contributed by atoms with van der Waals surface area (Å²) in [6.07, 6.45) is 2.20. The summed E-state index contributed by atoms with van der Waals surface area (Å²) in [7, 11) is 0. The molecule has 4 rings (SSSR count). The number of nitrogens with zero attached hydrogens (tertiary/aromatic N) is 2. The lowest BCUT2D eigenvalue weighted by Gasteiger charge is -2.30. The van der Waals surface area contributed by atoms with Crippen molar-refractivity contribution in [3.63, 3.8) is 0 Å². The summed E-state index contributed by atoms with van der Waals surface area (Å²) in [6.45, 7) is 1.75. The van der Waals surface area contributed by atoms with Crippen LogP contribution in [0.2, 0.25) is 5.02 Å². The summed E-state index contributed by atoms with van der Waals surface area (Å²) < 4.78 is 19.7. The normalized spacial score (nSPS) is 15.1. The number of carbonyl (C=O) groups excluding carboxylic acids is 2. The quantitative estimate of drug-likeness (QED) is 0.660. The Morgan fingerprint density at radius 1 is 1.33 bits per heavy atom. The van der Waals surface area contributed by atoms with Gasteiger partial charge >= 0.3 is 0 Å². The van der Waals surface area contributed by atoms with E-state index < -0.39 is 11.9 Å². The average molecular weight is 428 g/mol. The van der Waals surface area contributed by atoms with Crippen molar-refractivity contribution in [2.45, 2.75) is 32.4 Å². The van der Waals surface area contributed by atoms with Crippen LogP contribution in [-0.4, -0.2) is 21.7 Å². The van der Waals surface area contributed by atoms with E-state index in [-0.39, 0.29) is 29.0 Å². The second kappa shape index (κ2) is 7.91. The SMILES string of the molecule is Cc1ocnc1C(=O)N(Cc1ccccc1C(N)=O)[C@@H]1CCc2c(F)cc(Cl)cc21. The highest BCUT2D eigenvalue weighted by molar-refractivity contribution is 6.30. The van der Waals surface area contributed by atoms with Crippen molar-refractivity contribution in [1.29, 1.82) is 0 Å². The average Bonchev–Trinajstić information content (AvgIpc) is 3.32. The molecule has 0 unspecified atom stereocenters. The van der Waals surface area contributed by atoms with Crippen molar-refractivity contribution >= 4 is 23.4 Å². The number of nitrogens with two attached hydrogens (primary N) is 1. The molecule has 6 nitrogen and oxygen atoms in total. The lowest BCUT2D eigenvalue weighted by atomic mass is 10.0. The van der Waals surface area contributed by atoms with Gasteiger partial charge in [-0.05, 0) is 54.7 Å². The van der Waals surface area contributed by atoms with Crippen LogP contribution < -0.4 is 5.73 Å². The molecule has 1 atom stereocenters. The summed E-state index contributed by atoms with van der Waals surface area (Å²) >= 11 is 6.10. The van der Waals surface area contributed by atoms with Gasteiger partial charge in [-0.25, -0.2) is 9.37 Å². The van der Waals surface area contributed by atoms with Gasteiger partial charge in [0.05, 0.1) is 6.04 Å². The highest BCUT2D eigenvalue weighted by Crippen LogP contribution is 2.40. The molecule has 2 N–H and O–H groups in total. The van der Waals surface area contributed by atoms with Crippen LogP contribution in [0.15, 0.2) is 47.2 Å². The number of amides is 2. The minimum atomic E-state index is -0.587. The second-order valence-corrected chi connectivity index (χ2v) is 7.66. The molecule has 0 bridgehead atoms. The third kappa shape index (κ3) is 3.57. The van der Waals surface area contributed by atoms with Crippen LogP contribution in [-0.2, 0) is 13.0 Å². The summed E-state index contributed by atoms with van der Waals surface area (Å²) in [5, 5.41) is 0.265. The van der Waals surface area contributed by atoms with Crippen molar-refractivity contribution in [1.82, 2.24) is 9.88 Å². The maximum absolute atomic E-state index is 14.4. The van der Waals surface area contributed by atoms with Crippen molar-refractivity contribution in [2.24, 2.45) is 5.73 Å². The van der Waals surface area contributed by atoms with Crippen LogP contribution in [0.3, 0.4) is 0 Å². The first-order valence-corrected chi connectivity index (χ1v) is 9.81. The minimum absolute atomic E-state index is 0.0997. The van der Waals surface area contributed by atoms with E-state index in [1.807, 2.05) is 0 Å². The van der Waals surface area contributed by atoms with E-state index in [2.05, 4.69) is 4.98 Å². The second-order valence-electron chi connectivity index (χ2n) is 7.22. The molecule has 2 amide bonds. The van der Waals surface area contributed by atoms with E-state index in [0.29, 0.717) is 40.9 Å². The van der Waals surface area contributed by atoms with Gasteiger partial charge in [-0.3, -0.25) is 9.59 Å². The number of primary amides is 1. The Morgan fingerprint density at radius 2 is 2.10 bits per heavy atom. The Labute approximate surface area is 177 Å². The van der Waals surface area contributed by atoms with Gasteiger partial charge in [0.15, 0.2) is 12.1 Å². The molecule has 8 heteroatoms. The third-order valence-electron chi connectivity index (χ3n) is 5.43. The van der Waals surface area contributed by atoms with Gasteiger partial charge < -0.3 is 15.1 Å². The first-order valence-electron chi connectivity index (χ1n) is 9.43. The van der Waals surface area contributed by atoms with Gasteiger partial charge in [-0.2, -0.15) is 0 Å². The Bertz CT molecular complexity index is 1140. The molecule has 0 fully saturated rings. The Hall–Kier alpha value is -3.19. The lowest BCUT2D eigenvalue weighted by molar-refractivity contribution is 0.0649. The van der Waals surface area contributed by atoms with E-state index >= 15 is 0 Å². The maximum Gasteiger partial charge on any atom is 0.276 e. The fraction of sp³-hybridized carbons (Fsp3) is 0.227. The molecular weight excluding hydrogens is 409 g/mol. The van der Waals surface area contributed by atoms with Crippen LogP contribution in [0.25, 0.3) is 0 Å². The lowest BCUT2D eigenvalue weighted by Crippen LogP contribution is -2.35. The van der Waals surface area contributed by atoms with Crippen LogP contribution in [0, 0.1) is 12.7 Å². The molecule has 1 aliphatic carbocycles. The Balaban J connectivity index is 1.80. The molecule has 0 radical (unpaired) electrons. The van der Waals surface area contributed by atoms with E-state index in [1.54, 1.807) is 42.2 Å². The van der Waals surface area contributed by atoms with Gasteiger partial charge in [0.2, 0.25) is 5.91 Å². The van der Waals surface area contributed by atoms with Gasteiger partial charge in [-0.1, -0.05) is 29.8 Å². The highest BCUT2D eigenvalue weighted by atomic mass is 35.5. The van der Waals surface area contributed by atoms with Crippen molar-refractivity contribution in [3.05, 3.63) is 87.3 Å². The van der Waals surface area contributed by atoms with Gasteiger partial charge in [-0.15, -0.1) is 0 Å². The van der Waals surface area contributed by atoms with Crippen molar-refractivity contribution < 1.29 is 18.4 Å². The van der Waals surface area contributed by atoms with E-state index in [1.165, 1.54) is 12.5 Å². The minimum Gasteiger partial charge on any atom is -0.448 e. The maximum atomic E-state index is 14.4. The molecule has 0 saturated carbocycles. The summed E-state index contributed by atoms with van der Waals surface area (Å²) in [6, 6.07) is 9.36. The molecular formula is C22H19ClFN3O3. The smallest absolute Gasteiger partial charge is 0.276 e. The predicted molar refractivity (Wildman–Crippen MR) is 109 cm³/mol. The molecule has 2 aromatic carbocycles. The third-order valence-corrected chi connectivity index (χ3v) is 5.65. The summed E-state index contributed by atoms with van der Waals surface area (Å²) in [5.41, 5.74) is 7.80. The molecule has 0 saturated heterocycles. The Morgan fingerprint density at radius 3 is 2.80 bits per heavy atom. The predicted octanol–water partition coefficient (Wildman–Crippen LogP) is 4.20. The topological polar surface area (TPSA) is 89.4 Å². The monoisotopic (exact) mass is 427 g/mol. The van der Waals surface area contributed by atoms with Gasteiger partial charge in [0, 0.05) is 17.1 Å². The number of aromatic nitrogens is 1. The molecule has 154 valence electrons. The van der Waals surface area contributed by atoms with E-state index in [0.717, 1.165) is 0 Å². The number of hydrogen-bond acceptors (Lipinski definition) is 4. The van der Waals surface area contributed by atoms with Crippen LogP contribution in [0.1, 0.15) is 55.8 Å². The molecule has 1 aromatic heterocycles. The van der Waals surface area contributed by atoms with Crippen LogP contribution >= 0.6 is 11.6 Å². The van der Waals surface area contributed by atoms with Crippen molar-refractivity contribution in [2.75, 3.05) is 0 Å². The largest absolute Gasteiger partial charge is 0.448 e. The van der Waals surface area contributed by atoms with Gasteiger partial charge in [0.1, 0.15) is 11.6 Å². The standard InChI is InChI=1S/C22H19ClFN3O3/c1-12-20(26-11-30-12)22(29)27(10-13-4-2-3-5-15(13)21(25)28)19-7-6-16-17(19)8-14(23)9-18(16)24/h2-5,8-9,11,19H,6-7,10H2,1H3,(H2,25,28)/t19-/m1/s1. The number of fused-ring (bicyclic) bond motifs is 1. The molecule has 30 heavy (non-hydrogen) atoms. The molecule has 3 aromatic rings. The number of rotatable bonds is 5. The number of carbonyl (C=O) groups is 2. The highest BCUT2D eigenvalue weighted by Gasteiger charge is 2.35. The zero-order chi connectivity index (χ0) is 21.4. The molecule has 1 heterocycles. The van der Waals surface area contributed by atoms with E-state index in [9.17, 15) is 14.0 Å². The first kappa shape index (κ1) is 20.1. The van der Waals surface area contributed by atoms with Crippen molar-refractivity contribution in [3.8, 4) is 0 Å². The zero-order valence-electron chi connectivity index (χ0n) is 16.2. The number of oxazole rings is 1. The fourth-order valence-electron chi connectivity index (χ4n) is 4.00. The number of aryl methyl sites for hydroxylation is 1. The number of hydrogen-bond donors (Lipinski definition) is 1. The summed E-state index contributed by atoms with van der Waals surface area (Å²) in [4.78, 5) is 31.0. The Kier molecular flexibility index (Phi) is 5.30. The first-order chi connectivity index (χ1) is 14.4. The number of benzene rings is 2. The molecule has 0 spiro atoms. The molecule has 0 aliphatic heterocycles. The summed E-state index contributed by atoms with van der Waals surface area (Å²) in [5.74, 6) is -0.971. The van der Waals surface area contributed by atoms with Crippen LogP contribution in [0.5, 0.6) is 0 Å².